The van der Waals surface area contributed by atoms with E-state index in [1.807, 2.05) is 6.92 Å². The quantitative estimate of drug-likeness (QED) is 0.665. The summed E-state index contributed by atoms with van der Waals surface area (Å²) < 4.78 is 5.07. The minimum atomic E-state index is 0.0239. The van der Waals surface area contributed by atoms with E-state index in [0.29, 0.717) is 17.5 Å². The number of aromatic amines is 1. The van der Waals surface area contributed by atoms with Gasteiger partial charge < -0.3 is 14.9 Å². The molecule has 0 aliphatic heterocycles. The number of nitrogens with one attached hydrogen (secondary N) is 1. The van der Waals surface area contributed by atoms with E-state index in [1.165, 1.54) is 0 Å². The van der Waals surface area contributed by atoms with Crippen molar-refractivity contribution < 1.29 is 14.9 Å². The van der Waals surface area contributed by atoms with E-state index < -0.39 is 0 Å². The van der Waals surface area contributed by atoms with Gasteiger partial charge in [-0.1, -0.05) is 0 Å². The highest BCUT2D eigenvalue weighted by molar-refractivity contribution is 5.42. The first-order valence-corrected chi connectivity index (χ1v) is 4.18. The molecule has 0 amide bonds. The highest BCUT2D eigenvalue weighted by Gasteiger charge is 2.15. The van der Waals surface area contributed by atoms with Crippen molar-refractivity contribution in [2.75, 3.05) is 7.11 Å². The molecule has 1 heterocycles. The van der Waals surface area contributed by atoms with Crippen LogP contribution < -0.4 is 0 Å². The Morgan fingerprint density at radius 1 is 1.38 bits per heavy atom. The third-order valence-electron chi connectivity index (χ3n) is 2.22. The Hall–Kier alpha value is -1.16. The van der Waals surface area contributed by atoms with Gasteiger partial charge >= 0.3 is 0 Å². The summed E-state index contributed by atoms with van der Waals surface area (Å²) in [5.41, 5.74) is 1.40. The molecule has 0 saturated heterocycles. The Morgan fingerprint density at radius 2 is 2.00 bits per heavy atom. The van der Waals surface area contributed by atoms with Crippen molar-refractivity contribution in [3.05, 3.63) is 11.1 Å². The van der Waals surface area contributed by atoms with Crippen LogP contribution in [-0.4, -0.2) is 28.4 Å². The molecular formula is C9H15NO3. The fourth-order valence-corrected chi connectivity index (χ4v) is 1.22. The average Bonchev–Trinajstić information content (AvgIpc) is 2.32. The summed E-state index contributed by atoms with van der Waals surface area (Å²) in [4.78, 5) is 2.46. The molecule has 0 spiro atoms. The standard InChI is InChI=1S/C9H15NO3/c1-5(13-3)4-7-6(2)8(11)10-9(7)12/h5,10-12H,4H2,1-3H3. The van der Waals surface area contributed by atoms with Crippen LogP contribution >= 0.6 is 0 Å². The smallest absolute Gasteiger partial charge is 0.194 e. The molecule has 1 rings (SSSR count). The van der Waals surface area contributed by atoms with Crippen LogP contribution in [0.5, 0.6) is 11.8 Å². The van der Waals surface area contributed by atoms with Crippen LogP contribution in [0.25, 0.3) is 0 Å². The molecule has 0 saturated carbocycles. The largest absolute Gasteiger partial charge is 0.494 e. The first kappa shape index (κ1) is 9.92. The number of aromatic nitrogens is 1. The number of H-pyrrole nitrogens is 1. The van der Waals surface area contributed by atoms with Crippen LogP contribution in [0, 0.1) is 6.92 Å². The molecule has 4 heteroatoms. The zero-order chi connectivity index (χ0) is 10.0. The highest BCUT2D eigenvalue weighted by Crippen LogP contribution is 2.29. The SMILES string of the molecule is COC(C)Cc1c(O)[nH]c(O)c1C. The average molecular weight is 185 g/mol. The van der Waals surface area contributed by atoms with Gasteiger partial charge in [-0.2, -0.15) is 0 Å². The Bertz CT molecular complexity index is 293. The molecule has 0 aliphatic rings. The lowest BCUT2D eigenvalue weighted by molar-refractivity contribution is 0.118. The Kier molecular flexibility index (Phi) is 2.83. The monoisotopic (exact) mass is 185 g/mol. The maximum atomic E-state index is 9.39. The number of hydrogen-bond donors (Lipinski definition) is 3. The van der Waals surface area contributed by atoms with E-state index in [0.717, 1.165) is 0 Å². The predicted octanol–water partition coefficient (Wildman–Crippen LogP) is 1.31. The lowest BCUT2D eigenvalue weighted by Gasteiger charge is -2.08. The van der Waals surface area contributed by atoms with Crippen LogP contribution in [-0.2, 0) is 11.2 Å². The maximum absolute atomic E-state index is 9.39. The Labute approximate surface area is 77.2 Å². The zero-order valence-corrected chi connectivity index (χ0v) is 8.09. The highest BCUT2D eigenvalue weighted by atomic mass is 16.5. The number of hydrogen-bond acceptors (Lipinski definition) is 3. The molecule has 1 aromatic rings. The van der Waals surface area contributed by atoms with Crippen molar-refractivity contribution in [2.24, 2.45) is 0 Å². The fourth-order valence-electron chi connectivity index (χ4n) is 1.22. The molecule has 0 bridgehead atoms. The van der Waals surface area contributed by atoms with Crippen LogP contribution in [0.15, 0.2) is 0 Å². The van der Waals surface area contributed by atoms with E-state index in [1.54, 1.807) is 14.0 Å². The van der Waals surface area contributed by atoms with Gasteiger partial charge in [-0.3, -0.25) is 4.98 Å². The summed E-state index contributed by atoms with van der Waals surface area (Å²) >= 11 is 0. The van der Waals surface area contributed by atoms with E-state index in [2.05, 4.69) is 4.98 Å². The van der Waals surface area contributed by atoms with Gasteiger partial charge in [0.2, 0.25) is 0 Å². The van der Waals surface area contributed by atoms with E-state index in [4.69, 9.17) is 4.74 Å². The number of methoxy groups -OCH3 is 1. The first-order chi connectivity index (χ1) is 6.06. The van der Waals surface area contributed by atoms with Crippen LogP contribution in [0.2, 0.25) is 0 Å². The second-order valence-corrected chi connectivity index (χ2v) is 3.18. The molecule has 0 fully saturated rings. The number of rotatable bonds is 3. The van der Waals surface area contributed by atoms with Gasteiger partial charge in [0.05, 0.1) is 6.10 Å². The lowest BCUT2D eigenvalue weighted by atomic mass is 10.1. The summed E-state index contributed by atoms with van der Waals surface area (Å²) in [7, 11) is 1.61. The third-order valence-corrected chi connectivity index (χ3v) is 2.22. The summed E-state index contributed by atoms with van der Waals surface area (Å²) in [6, 6.07) is 0. The molecule has 0 radical (unpaired) electrons. The van der Waals surface area contributed by atoms with Crippen molar-refractivity contribution in [1.82, 2.24) is 4.98 Å². The third kappa shape index (κ3) is 1.95. The van der Waals surface area contributed by atoms with Gasteiger partial charge in [0.25, 0.3) is 0 Å². The molecule has 4 nitrogen and oxygen atoms in total. The molecule has 1 unspecified atom stereocenters. The van der Waals surface area contributed by atoms with E-state index in [-0.39, 0.29) is 17.9 Å². The summed E-state index contributed by atoms with van der Waals surface area (Å²) in [6.45, 7) is 3.66. The van der Waals surface area contributed by atoms with Crippen molar-refractivity contribution in [2.45, 2.75) is 26.4 Å². The van der Waals surface area contributed by atoms with Gasteiger partial charge in [-0.05, 0) is 13.8 Å². The van der Waals surface area contributed by atoms with Gasteiger partial charge in [0, 0.05) is 24.7 Å². The Balaban J connectivity index is 2.87. The minimum absolute atomic E-state index is 0.0239. The summed E-state index contributed by atoms with van der Waals surface area (Å²) in [6.07, 6.45) is 0.616. The van der Waals surface area contributed by atoms with Gasteiger partial charge in [0.1, 0.15) is 0 Å². The van der Waals surface area contributed by atoms with Crippen molar-refractivity contribution in [3.63, 3.8) is 0 Å². The van der Waals surface area contributed by atoms with Crippen LogP contribution in [0.3, 0.4) is 0 Å². The van der Waals surface area contributed by atoms with Crippen molar-refractivity contribution in [3.8, 4) is 11.8 Å². The molecule has 0 aromatic carbocycles. The fraction of sp³-hybridized carbons (Fsp3) is 0.556. The lowest BCUT2D eigenvalue weighted by Crippen LogP contribution is -2.08. The maximum Gasteiger partial charge on any atom is 0.194 e. The second-order valence-electron chi connectivity index (χ2n) is 3.18. The predicted molar refractivity (Wildman–Crippen MR) is 49.0 cm³/mol. The number of ether oxygens (including phenoxy) is 1. The van der Waals surface area contributed by atoms with E-state index in [9.17, 15) is 10.2 Å². The second kappa shape index (κ2) is 3.70. The molecule has 0 aliphatic carbocycles. The number of aromatic hydroxyl groups is 2. The van der Waals surface area contributed by atoms with Gasteiger partial charge in [0.15, 0.2) is 11.8 Å². The Morgan fingerprint density at radius 3 is 2.38 bits per heavy atom. The van der Waals surface area contributed by atoms with Crippen molar-refractivity contribution in [1.29, 1.82) is 0 Å². The van der Waals surface area contributed by atoms with Crippen LogP contribution in [0.1, 0.15) is 18.1 Å². The molecule has 1 atom stereocenters. The molecule has 74 valence electrons. The molecule has 1 aromatic heterocycles. The zero-order valence-electron chi connectivity index (χ0n) is 8.09. The molecule has 13 heavy (non-hydrogen) atoms. The summed E-state index contributed by atoms with van der Waals surface area (Å²) in [5.74, 6) is 0.0507. The van der Waals surface area contributed by atoms with Gasteiger partial charge in [-0.15, -0.1) is 0 Å². The molecular weight excluding hydrogens is 170 g/mol. The van der Waals surface area contributed by atoms with Crippen LogP contribution in [0.4, 0.5) is 0 Å². The van der Waals surface area contributed by atoms with Gasteiger partial charge in [-0.25, -0.2) is 0 Å². The normalized spacial score (nSPS) is 13.2. The minimum Gasteiger partial charge on any atom is -0.494 e. The molecule has 3 N–H and O–H groups in total. The summed E-state index contributed by atoms with van der Waals surface area (Å²) in [5, 5.41) is 18.6. The first-order valence-electron chi connectivity index (χ1n) is 4.18. The van der Waals surface area contributed by atoms with Crippen molar-refractivity contribution >= 4 is 0 Å². The topological polar surface area (TPSA) is 65.5 Å². The van der Waals surface area contributed by atoms with E-state index >= 15 is 0 Å².